The summed E-state index contributed by atoms with van der Waals surface area (Å²) in [6, 6.07) is 13.2. The van der Waals surface area contributed by atoms with E-state index in [1.165, 1.54) is 0 Å². The van der Waals surface area contributed by atoms with Crippen molar-refractivity contribution in [2.45, 2.75) is 26.2 Å². The third-order valence-electron chi connectivity index (χ3n) is 3.90. The highest BCUT2D eigenvalue weighted by Gasteiger charge is 2.08. The molecule has 0 aliphatic carbocycles. The largest absolute Gasteiger partial charge is 0.490 e. The van der Waals surface area contributed by atoms with Crippen molar-refractivity contribution in [3.63, 3.8) is 0 Å². The number of amides is 1. The zero-order valence-electron chi connectivity index (χ0n) is 14.6. The molecule has 0 radical (unpaired) electrons. The third-order valence-corrected chi connectivity index (χ3v) is 4.21. The highest BCUT2D eigenvalue weighted by Crippen LogP contribution is 2.22. The summed E-state index contributed by atoms with van der Waals surface area (Å²) < 4.78 is 11.2. The molecule has 1 N–H and O–H groups in total. The summed E-state index contributed by atoms with van der Waals surface area (Å²) in [7, 11) is 0. The summed E-state index contributed by atoms with van der Waals surface area (Å²) in [5, 5.41) is 3.40. The highest BCUT2D eigenvalue weighted by atomic mass is 35.5. The second-order valence-electron chi connectivity index (χ2n) is 6.06. The molecule has 0 aliphatic rings. The van der Waals surface area contributed by atoms with Gasteiger partial charge in [-0.15, -0.1) is 0 Å². The van der Waals surface area contributed by atoms with E-state index in [9.17, 15) is 4.79 Å². The topological polar surface area (TPSA) is 64.4 Å². The van der Waals surface area contributed by atoms with Gasteiger partial charge in [-0.25, -0.2) is 4.98 Å². The molecule has 0 fully saturated rings. The van der Waals surface area contributed by atoms with E-state index in [-0.39, 0.29) is 5.91 Å². The number of carbonyl (C=O) groups is 1. The number of carbonyl (C=O) groups excluding carboxylic acids is 1. The van der Waals surface area contributed by atoms with Crippen LogP contribution in [0.5, 0.6) is 5.75 Å². The van der Waals surface area contributed by atoms with E-state index < -0.39 is 0 Å². The van der Waals surface area contributed by atoms with Crippen LogP contribution in [0.1, 0.15) is 24.3 Å². The maximum atomic E-state index is 11.9. The average molecular weight is 373 g/mol. The molecule has 3 aromatic rings. The first-order valence-electron chi connectivity index (χ1n) is 8.62. The molecule has 136 valence electrons. The number of rotatable bonds is 8. The number of oxazole rings is 1. The molecule has 1 amide bonds. The molecule has 5 nitrogen and oxygen atoms in total. The number of nitrogens with zero attached hydrogens (tertiary/aromatic N) is 1. The van der Waals surface area contributed by atoms with Crippen molar-refractivity contribution in [3.8, 4) is 5.75 Å². The van der Waals surface area contributed by atoms with Crippen molar-refractivity contribution < 1.29 is 13.9 Å². The van der Waals surface area contributed by atoms with Crippen LogP contribution in [-0.4, -0.2) is 24.0 Å². The number of hydrogen-bond donors (Lipinski definition) is 1. The molecule has 26 heavy (non-hydrogen) atoms. The van der Waals surface area contributed by atoms with Gasteiger partial charge in [0.15, 0.2) is 11.5 Å². The molecule has 0 bridgehead atoms. The lowest BCUT2D eigenvalue weighted by Gasteiger charge is -2.08. The SMILES string of the molecule is Cc1ccc2oc(CCCC(=O)NCCOc3ccccc3Cl)nc2c1. The summed E-state index contributed by atoms with van der Waals surface area (Å²) in [4.78, 5) is 16.3. The molecule has 0 spiro atoms. The van der Waals surface area contributed by atoms with Crippen LogP contribution < -0.4 is 10.1 Å². The Hall–Kier alpha value is -2.53. The van der Waals surface area contributed by atoms with Gasteiger partial charge in [0.2, 0.25) is 5.91 Å². The van der Waals surface area contributed by atoms with E-state index >= 15 is 0 Å². The molecular weight excluding hydrogens is 352 g/mol. The lowest BCUT2D eigenvalue weighted by atomic mass is 10.2. The average Bonchev–Trinajstić information content (AvgIpc) is 3.02. The molecular formula is C20H21ClN2O3. The zero-order valence-corrected chi connectivity index (χ0v) is 15.4. The van der Waals surface area contributed by atoms with E-state index in [0.717, 1.165) is 16.7 Å². The second-order valence-corrected chi connectivity index (χ2v) is 6.47. The Balaban J connectivity index is 1.35. The molecule has 3 rings (SSSR count). The fourth-order valence-corrected chi connectivity index (χ4v) is 2.78. The first kappa shape index (κ1) is 18.3. The number of aromatic nitrogens is 1. The number of benzene rings is 2. The molecule has 0 aliphatic heterocycles. The van der Waals surface area contributed by atoms with Gasteiger partial charge in [-0.3, -0.25) is 4.79 Å². The van der Waals surface area contributed by atoms with Gasteiger partial charge in [-0.05, 0) is 43.2 Å². The summed E-state index contributed by atoms with van der Waals surface area (Å²) in [5.41, 5.74) is 2.80. The fraction of sp³-hybridized carbons (Fsp3) is 0.300. The lowest BCUT2D eigenvalue weighted by molar-refractivity contribution is -0.121. The number of aryl methyl sites for hydroxylation is 2. The van der Waals surface area contributed by atoms with Gasteiger partial charge in [0.25, 0.3) is 0 Å². The van der Waals surface area contributed by atoms with Gasteiger partial charge in [0.05, 0.1) is 11.6 Å². The number of ether oxygens (including phenoxy) is 1. The van der Waals surface area contributed by atoms with Crippen LogP contribution >= 0.6 is 11.6 Å². The number of para-hydroxylation sites is 1. The Morgan fingerprint density at radius 1 is 1.27 bits per heavy atom. The van der Waals surface area contributed by atoms with Crippen LogP contribution in [0.15, 0.2) is 46.9 Å². The van der Waals surface area contributed by atoms with Crippen molar-refractivity contribution in [1.82, 2.24) is 10.3 Å². The van der Waals surface area contributed by atoms with Crippen molar-refractivity contribution in [2.24, 2.45) is 0 Å². The Bertz CT molecular complexity index is 892. The van der Waals surface area contributed by atoms with E-state index in [1.54, 1.807) is 12.1 Å². The van der Waals surface area contributed by atoms with Gasteiger partial charge in [-0.2, -0.15) is 0 Å². The van der Waals surface area contributed by atoms with E-state index in [4.69, 9.17) is 20.8 Å². The monoisotopic (exact) mass is 372 g/mol. The molecule has 0 saturated carbocycles. The summed E-state index contributed by atoms with van der Waals surface area (Å²) in [6.45, 7) is 2.83. The van der Waals surface area contributed by atoms with Crippen molar-refractivity contribution in [3.05, 3.63) is 58.9 Å². The van der Waals surface area contributed by atoms with Crippen LogP contribution in [0.4, 0.5) is 0 Å². The quantitative estimate of drug-likeness (QED) is 0.598. The number of hydrogen-bond acceptors (Lipinski definition) is 4. The Morgan fingerprint density at radius 2 is 2.12 bits per heavy atom. The third kappa shape index (κ3) is 4.99. The summed E-state index contributed by atoms with van der Waals surface area (Å²) >= 11 is 6.00. The molecule has 6 heteroatoms. The van der Waals surface area contributed by atoms with Gasteiger partial charge in [-0.1, -0.05) is 29.8 Å². The van der Waals surface area contributed by atoms with E-state index in [1.807, 2.05) is 37.3 Å². The normalized spacial score (nSPS) is 10.8. The van der Waals surface area contributed by atoms with E-state index in [0.29, 0.717) is 49.1 Å². The maximum absolute atomic E-state index is 11.9. The fourth-order valence-electron chi connectivity index (χ4n) is 2.59. The van der Waals surface area contributed by atoms with Crippen LogP contribution in [0.3, 0.4) is 0 Å². The van der Waals surface area contributed by atoms with Crippen LogP contribution in [0, 0.1) is 6.92 Å². The number of fused-ring (bicyclic) bond motifs is 1. The minimum Gasteiger partial charge on any atom is -0.490 e. The van der Waals surface area contributed by atoms with Crippen LogP contribution in [0.2, 0.25) is 5.02 Å². The highest BCUT2D eigenvalue weighted by molar-refractivity contribution is 6.32. The van der Waals surface area contributed by atoms with Crippen molar-refractivity contribution in [2.75, 3.05) is 13.2 Å². The molecule has 0 unspecified atom stereocenters. The maximum Gasteiger partial charge on any atom is 0.220 e. The predicted molar refractivity (Wildman–Crippen MR) is 102 cm³/mol. The Kier molecular flexibility index (Phi) is 6.12. The molecule has 0 saturated heterocycles. The van der Waals surface area contributed by atoms with Crippen LogP contribution in [-0.2, 0) is 11.2 Å². The zero-order chi connectivity index (χ0) is 18.4. The Morgan fingerprint density at radius 3 is 2.96 bits per heavy atom. The minimum atomic E-state index is -0.0142. The lowest BCUT2D eigenvalue weighted by Crippen LogP contribution is -2.27. The second kappa shape index (κ2) is 8.72. The van der Waals surface area contributed by atoms with Gasteiger partial charge in [0.1, 0.15) is 17.9 Å². The molecule has 0 atom stereocenters. The molecule has 1 heterocycles. The minimum absolute atomic E-state index is 0.0142. The number of halogens is 1. The standard InChI is InChI=1S/C20H21ClN2O3/c1-14-9-10-18-16(13-14)23-20(26-18)8-4-7-19(24)22-11-12-25-17-6-3-2-5-15(17)21/h2-3,5-6,9-10,13H,4,7-8,11-12H2,1H3,(H,22,24). The van der Waals surface area contributed by atoms with Gasteiger partial charge < -0.3 is 14.5 Å². The smallest absolute Gasteiger partial charge is 0.220 e. The number of nitrogens with one attached hydrogen (secondary N) is 1. The predicted octanol–water partition coefficient (Wildman–Crippen LogP) is 4.31. The Labute approximate surface area is 157 Å². The van der Waals surface area contributed by atoms with Crippen molar-refractivity contribution in [1.29, 1.82) is 0 Å². The summed E-state index contributed by atoms with van der Waals surface area (Å²) in [5.74, 6) is 1.27. The molecule has 1 aromatic heterocycles. The van der Waals surface area contributed by atoms with Gasteiger partial charge >= 0.3 is 0 Å². The first-order valence-corrected chi connectivity index (χ1v) is 9.00. The molecule has 2 aromatic carbocycles. The first-order chi connectivity index (χ1) is 12.6. The summed E-state index contributed by atoms with van der Waals surface area (Å²) in [6.07, 6.45) is 1.74. The van der Waals surface area contributed by atoms with Crippen molar-refractivity contribution >= 4 is 28.6 Å². The van der Waals surface area contributed by atoms with E-state index in [2.05, 4.69) is 10.3 Å². The van der Waals surface area contributed by atoms with Crippen LogP contribution in [0.25, 0.3) is 11.1 Å². The van der Waals surface area contributed by atoms with Gasteiger partial charge in [0, 0.05) is 12.8 Å².